The first-order chi connectivity index (χ1) is 11.7. The van der Waals surface area contributed by atoms with Crippen LogP contribution in [0.15, 0.2) is 36.5 Å². The summed E-state index contributed by atoms with van der Waals surface area (Å²) in [6.45, 7) is 3.28. The van der Waals surface area contributed by atoms with Crippen LogP contribution < -0.4 is 0 Å². The van der Waals surface area contributed by atoms with E-state index >= 15 is 0 Å². The molecular weight excluding hydrogens is 302 g/mol. The minimum Gasteiger partial charge on any atom is -0.337 e. The molecule has 122 valence electrons. The van der Waals surface area contributed by atoms with Crippen LogP contribution in [0.1, 0.15) is 40.9 Å². The van der Waals surface area contributed by atoms with Crippen molar-refractivity contribution in [2.24, 2.45) is 0 Å². The standard InChI is InChI=1S/C18H19N5O/c1-12-20-17(22-21-12)14-6-4-10-23(11-14)18(24)16-15-7-3-2-5-13(15)8-9-19-16/h2-3,5,7-9,14H,4,6,10-11H2,1H3,(H,20,21,22). The molecule has 1 amide bonds. The summed E-state index contributed by atoms with van der Waals surface area (Å²) in [7, 11) is 0. The Morgan fingerprint density at radius 3 is 3.00 bits per heavy atom. The van der Waals surface area contributed by atoms with Gasteiger partial charge in [-0.05, 0) is 31.2 Å². The maximum Gasteiger partial charge on any atom is 0.273 e. The van der Waals surface area contributed by atoms with Gasteiger partial charge >= 0.3 is 0 Å². The van der Waals surface area contributed by atoms with E-state index in [-0.39, 0.29) is 11.8 Å². The molecule has 0 radical (unpaired) electrons. The number of carbonyl (C=O) groups is 1. The second-order valence-electron chi connectivity index (χ2n) is 6.25. The molecule has 1 aliphatic heterocycles. The highest BCUT2D eigenvalue weighted by atomic mass is 16.2. The molecule has 1 fully saturated rings. The maximum absolute atomic E-state index is 13.0. The fourth-order valence-electron chi connectivity index (χ4n) is 3.35. The van der Waals surface area contributed by atoms with E-state index in [2.05, 4.69) is 20.2 Å². The second kappa shape index (κ2) is 6.03. The molecule has 0 aliphatic carbocycles. The van der Waals surface area contributed by atoms with Crippen LogP contribution in [-0.4, -0.2) is 44.1 Å². The van der Waals surface area contributed by atoms with Gasteiger partial charge in [-0.3, -0.25) is 14.9 Å². The van der Waals surface area contributed by atoms with Crippen molar-refractivity contribution in [1.82, 2.24) is 25.1 Å². The van der Waals surface area contributed by atoms with E-state index in [1.54, 1.807) is 6.20 Å². The van der Waals surface area contributed by atoms with Crippen molar-refractivity contribution in [2.75, 3.05) is 13.1 Å². The largest absolute Gasteiger partial charge is 0.337 e. The Morgan fingerprint density at radius 2 is 2.17 bits per heavy atom. The molecule has 3 aromatic rings. The number of aromatic nitrogens is 4. The normalized spacial score (nSPS) is 18.0. The van der Waals surface area contributed by atoms with Gasteiger partial charge in [0, 0.05) is 30.6 Å². The summed E-state index contributed by atoms with van der Waals surface area (Å²) < 4.78 is 0. The fourth-order valence-corrected chi connectivity index (χ4v) is 3.35. The third-order valence-electron chi connectivity index (χ3n) is 4.56. The number of nitrogens with one attached hydrogen (secondary N) is 1. The number of piperidine rings is 1. The van der Waals surface area contributed by atoms with Crippen LogP contribution in [-0.2, 0) is 0 Å². The molecule has 0 saturated carbocycles. The smallest absolute Gasteiger partial charge is 0.273 e. The van der Waals surface area contributed by atoms with Crippen LogP contribution in [0.3, 0.4) is 0 Å². The Kier molecular flexibility index (Phi) is 3.72. The fraction of sp³-hybridized carbons (Fsp3) is 0.333. The van der Waals surface area contributed by atoms with E-state index in [1.807, 2.05) is 42.2 Å². The van der Waals surface area contributed by atoms with Gasteiger partial charge in [-0.2, -0.15) is 5.10 Å². The number of hydrogen-bond acceptors (Lipinski definition) is 4. The van der Waals surface area contributed by atoms with Gasteiger partial charge < -0.3 is 4.90 Å². The first-order valence-corrected chi connectivity index (χ1v) is 8.24. The predicted octanol–water partition coefficient (Wildman–Crippen LogP) is 2.68. The SMILES string of the molecule is Cc1nc(C2CCCN(C(=O)c3nccc4ccccc34)C2)n[nH]1. The molecule has 1 aliphatic rings. The average molecular weight is 321 g/mol. The molecule has 0 spiro atoms. The lowest BCUT2D eigenvalue weighted by molar-refractivity contribution is 0.0701. The van der Waals surface area contributed by atoms with Crippen molar-refractivity contribution in [2.45, 2.75) is 25.7 Å². The number of benzene rings is 1. The van der Waals surface area contributed by atoms with Gasteiger partial charge in [0.1, 0.15) is 11.5 Å². The number of carbonyl (C=O) groups excluding carboxylic acids is 1. The molecule has 6 heteroatoms. The zero-order chi connectivity index (χ0) is 16.5. The van der Waals surface area contributed by atoms with Crippen molar-refractivity contribution >= 4 is 16.7 Å². The number of H-pyrrole nitrogens is 1. The van der Waals surface area contributed by atoms with Gasteiger partial charge in [-0.15, -0.1) is 0 Å². The molecule has 1 saturated heterocycles. The predicted molar refractivity (Wildman–Crippen MR) is 90.7 cm³/mol. The quantitative estimate of drug-likeness (QED) is 0.787. The Balaban J connectivity index is 1.61. The topological polar surface area (TPSA) is 74.8 Å². The molecule has 1 aromatic carbocycles. The van der Waals surface area contributed by atoms with Crippen molar-refractivity contribution in [3.63, 3.8) is 0 Å². The highest BCUT2D eigenvalue weighted by Gasteiger charge is 2.28. The van der Waals surface area contributed by atoms with Gasteiger partial charge in [0.2, 0.25) is 0 Å². The van der Waals surface area contributed by atoms with E-state index < -0.39 is 0 Å². The molecule has 0 bridgehead atoms. The van der Waals surface area contributed by atoms with Crippen molar-refractivity contribution in [3.8, 4) is 0 Å². The Bertz CT molecular complexity index is 883. The molecule has 3 heterocycles. The minimum absolute atomic E-state index is 0.0104. The summed E-state index contributed by atoms with van der Waals surface area (Å²) in [6.07, 6.45) is 3.66. The van der Waals surface area contributed by atoms with Gasteiger partial charge in [-0.1, -0.05) is 24.3 Å². The maximum atomic E-state index is 13.0. The van der Waals surface area contributed by atoms with Crippen molar-refractivity contribution in [1.29, 1.82) is 0 Å². The summed E-state index contributed by atoms with van der Waals surface area (Å²) in [5.74, 6) is 1.78. The average Bonchev–Trinajstić information content (AvgIpc) is 3.07. The molecule has 24 heavy (non-hydrogen) atoms. The van der Waals surface area contributed by atoms with Crippen LogP contribution in [0, 0.1) is 6.92 Å². The molecule has 1 atom stereocenters. The van der Waals surface area contributed by atoms with Crippen molar-refractivity contribution < 1.29 is 4.79 Å². The summed E-state index contributed by atoms with van der Waals surface area (Å²) in [5, 5.41) is 9.09. The van der Waals surface area contributed by atoms with Gasteiger partial charge in [0.15, 0.2) is 5.82 Å². The summed E-state index contributed by atoms with van der Waals surface area (Å²) in [4.78, 5) is 23.7. The second-order valence-corrected chi connectivity index (χ2v) is 6.25. The monoisotopic (exact) mass is 321 g/mol. The van der Waals surface area contributed by atoms with Gasteiger partial charge in [0.25, 0.3) is 5.91 Å². The number of hydrogen-bond donors (Lipinski definition) is 1. The van der Waals surface area contributed by atoms with E-state index in [4.69, 9.17) is 0 Å². The third-order valence-corrected chi connectivity index (χ3v) is 4.56. The Morgan fingerprint density at radius 1 is 1.29 bits per heavy atom. The summed E-state index contributed by atoms with van der Waals surface area (Å²) in [5.41, 5.74) is 0.528. The molecule has 1 unspecified atom stereocenters. The van der Waals surface area contributed by atoms with E-state index in [0.29, 0.717) is 12.2 Å². The van der Waals surface area contributed by atoms with Crippen molar-refractivity contribution in [3.05, 3.63) is 53.9 Å². The van der Waals surface area contributed by atoms with Gasteiger partial charge in [-0.25, -0.2) is 4.98 Å². The first-order valence-electron chi connectivity index (χ1n) is 8.24. The van der Waals surface area contributed by atoms with Crippen LogP contribution >= 0.6 is 0 Å². The Labute approximate surface area is 139 Å². The number of rotatable bonds is 2. The van der Waals surface area contributed by atoms with Crippen LogP contribution in [0.5, 0.6) is 0 Å². The summed E-state index contributed by atoms with van der Waals surface area (Å²) >= 11 is 0. The van der Waals surface area contributed by atoms with Crippen LogP contribution in [0.4, 0.5) is 0 Å². The Hall–Kier alpha value is -2.76. The zero-order valence-corrected chi connectivity index (χ0v) is 13.6. The van der Waals surface area contributed by atoms with E-state index in [9.17, 15) is 4.79 Å². The highest BCUT2D eigenvalue weighted by molar-refractivity contribution is 6.05. The number of likely N-dealkylation sites (tertiary alicyclic amines) is 1. The minimum atomic E-state index is -0.0104. The molecule has 4 rings (SSSR count). The van der Waals surface area contributed by atoms with E-state index in [1.165, 1.54) is 0 Å². The lowest BCUT2D eigenvalue weighted by Crippen LogP contribution is -2.39. The molecule has 2 aromatic heterocycles. The van der Waals surface area contributed by atoms with Gasteiger partial charge in [0.05, 0.1) is 0 Å². The molecule has 6 nitrogen and oxygen atoms in total. The first kappa shape index (κ1) is 14.8. The van der Waals surface area contributed by atoms with E-state index in [0.717, 1.165) is 41.8 Å². The highest BCUT2D eigenvalue weighted by Crippen LogP contribution is 2.26. The number of fused-ring (bicyclic) bond motifs is 1. The zero-order valence-electron chi connectivity index (χ0n) is 13.6. The number of aromatic amines is 1. The van der Waals surface area contributed by atoms with Crippen LogP contribution in [0.2, 0.25) is 0 Å². The third kappa shape index (κ3) is 2.64. The lowest BCUT2D eigenvalue weighted by atomic mass is 9.96. The lowest BCUT2D eigenvalue weighted by Gasteiger charge is -2.31. The number of aryl methyl sites for hydroxylation is 1. The number of nitrogens with zero attached hydrogens (tertiary/aromatic N) is 4. The van der Waals surface area contributed by atoms with Crippen LogP contribution in [0.25, 0.3) is 10.8 Å². The number of amides is 1. The molecule has 1 N–H and O–H groups in total. The number of pyridine rings is 1. The summed E-state index contributed by atoms with van der Waals surface area (Å²) in [6, 6.07) is 9.80. The molecular formula is C18H19N5O.